The topological polar surface area (TPSA) is 9.23 Å². The van der Waals surface area contributed by atoms with Crippen LogP contribution < -0.4 is 0 Å². The summed E-state index contributed by atoms with van der Waals surface area (Å²) in [7, 11) is 0. The van der Waals surface area contributed by atoms with Crippen molar-refractivity contribution in [3.05, 3.63) is 0 Å². The summed E-state index contributed by atoms with van der Waals surface area (Å²) in [6.45, 7) is -3.81. The first-order chi connectivity index (χ1) is 6.70. The van der Waals surface area contributed by atoms with Crippen molar-refractivity contribution in [1.82, 2.24) is 0 Å². The minimum atomic E-state index is -5.35. The highest BCUT2D eigenvalue weighted by molar-refractivity contribution is 4.87. The molecule has 8 heteroatoms. The molecule has 92 valence electrons. The maximum atomic E-state index is 13.3. The van der Waals surface area contributed by atoms with Crippen LogP contribution in [0.4, 0.5) is 30.7 Å². The first-order valence-electron chi connectivity index (χ1n) is 3.85. The molecule has 0 rings (SSSR count). The summed E-state index contributed by atoms with van der Waals surface area (Å²) in [5, 5.41) is 0. The highest BCUT2D eigenvalue weighted by Crippen LogP contribution is 2.41. The summed E-state index contributed by atoms with van der Waals surface area (Å²) in [6.07, 6.45) is -8.16. The molecule has 0 saturated carbocycles. The van der Waals surface area contributed by atoms with E-state index in [4.69, 9.17) is 0 Å². The molecule has 0 fully saturated rings. The highest BCUT2D eigenvalue weighted by Gasteiger charge is 2.59. The lowest BCUT2D eigenvalue weighted by Crippen LogP contribution is -2.51. The molecule has 0 spiro atoms. The standard InChI is InChI=1S/C7H9F7O/c1-4(10)6(11,15-3-9)5(2-8)7(12,13)14/h4-5H,2-3H2,1H3. The van der Waals surface area contributed by atoms with Gasteiger partial charge < -0.3 is 4.74 Å². The molecule has 0 radical (unpaired) electrons. The smallest absolute Gasteiger partial charge is 0.311 e. The van der Waals surface area contributed by atoms with E-state index in [1.807, 2.05) is 0 Å². The fraction of sp³-hybridized carbons (Fsp3) is 1.00. The van der Waals surface area contributed by atoms with Crippen LogP contribution in [0.1, 0.15) is 6.92 Å². The molecule has 0 bridgehead atoms. The zero-order valence-electron chi connectivity index (χ0n) is 7.62. The molecule has 3 unspecified atom stereocenters. The van der Waals surface area contributed by atoms with Crippen LogP contribution in [0.3, 0.4) is 0 Å². The summed E-state index contributed by atoms with van der Waals surface area (Å²) in [5.74, 6) is -7.39. The van der Waals surface area contributed by atoms with Crippen molar-refractivity contribution in [2.75, 3.05) is 13.5 Å². The third kappa shape index (κ3) is 3.22. The molecule has 0 aliphatic rings. The first-order valence-corrected chi connectivity index (χ1v) is 3.85. The molecule has 0 aromatic heterocycles. The van der Waals surface area contributed by atoms with E-state index in [0.29, 0.717) is 6.92 Å². The number of hydrogen-bond acceptors (Lipinski definition) is 1. The van der Waals surface area contributed by atoms with Crippen molar-refractivity contribution in [3.63, 3.8) is 0 Å². The van der Waals surface area contributed by atoms with Gasteiger partial charge in [-0.3, -0.25) is 4.39 Å². The number of hydrogen-bond donors (Lipinski definition) is 0. The van der Waals surface area contributed by atoms with Crippen LogP contribution in [0.5, 0.6) is 0 Å². The number of rotatable bonds is 5. The van der Waals surface area contributed by atoms with Crippen molar-refractivity contribution >= 4 is 0 Å². The quantitative estimate of drug-likeness (QED) is 0.673. The number of halogens is 7. The number of alkyl halides is 7. The Morgan fingerprint density at radius 1 is 1.13 bits per heavy atom. The van der Waals surface area contributed by atoms with Crippen LogP contribution >= 0.6 is 0 Å². The lowest BCUT2D eigenvalue weighted by molar-refractivity contribution is -0.309. The molecular weight excluding hydrogens is 233 g/mol. The second-order valence-corrected chi connectivity index (χ2v) is 2.82. The van der Waals surface area contributed by atoms with E-state index in [0.717, 1.165) is 0 Å². The van der Waals surface area contributed by atoms with Crippen molar-refractivity contribution in [2.45, 2.75) is 25.1 Å². The van der Waals surface area contributed by atoms with Gasteiger partial charge in [-0.25, -0.2) is 13.2 Å². The van der Waals surface area contributed by atoms with Gasteiger partial charge in [-0.1, -0.05) is 0 Å². The van der Waals surface area contributed by atoms with Crippen LogP contribution in [0.25, 0.3) is 0 Å². The zero-order valence-corrected chi connectivity index (χ0v) is 7.62. The van der Waals surface area contributed by atoms with Gasteiger partial charge in [0, 0.05) is 0 Å². The van der Waals surface area contributed by atoms with E-state index >= 15 is 0 Å². The summed E-state index contributed by atoms with van der Waals surface area (Å²) < 4.78 is 89.0. The van der Waals surface area contributed by atoms with Crippen LogP contribution in [0, 0.1) is 5.92 Å². The van der Waals surface area contributed by atoms with E-state index < -0.39 is 37.7 Å². The van der Waals surface area contributed by atoms with E-state index in [2.05, 4.69) is 4.74 Å². The second kappa shape index (κ2) is 5.00. The highest BCUT2D eigenvalue weighted by atomic mass is 19.4. The van der Waals surface area contributed by atoms with E-state index in [1.165, 1.54) is 0 Å². The van der Waals surface area contributed by atoms with Crippen molar-refractivity contribution in [3.8, 4) is 0 Å². The van der Waals surface area contributed by atoms with E-state index in [1.54, 1.807) is 0 Å². The Morgan fingerprint density at radius 3 is 1.80 bits per heavy atom. The molecular formula is C7H9F7O. The van der Waals surface area contributed by atoms with Gasteiger partial charge in [-0.2, -0.15) is 13.2 Å². The molecule has 0 aliphatic carbocycles. The molecule has 3 atom stereocenters. The Kier molecular flexibility index (Phi) is 4.82. The molecule has 0 aliphatic heterocycles. The maximum Gasteiger partial charge on any atom is 0.399 e. The maximum absolute atomic E-state index is 13.3. The molecule has 0 amide bonds. The second-order valence-electron chi connectivity index (χ2n) is 2.82. The Morgan fingerprint density at radius 2 is 1.60 bits per heavy atom. The summed E-state index contributed by atoms with van der Waals surface area (Å²) in [4.78, 5) is 0. The minimum absolute atomic E-state index is 0.393. The van der Waals surface area contributed by atoms with Crippen molar-refractivity contribution in [1.29, 1.82) is 0 Å². The Balaban J connectivity index is 5.03. The van der Waals surface area contributed by atoms with Gasteiger partial charge in [-0.05, 0) is 6.92 Å². The lowest BCUT2D eigenvalue weighted by Gasteiger charge is -2.33. The van der Waals surface area contributed by atoms with Gasteiger partial charge >= 0.3 is 6.18 Å². The Bertz CT molecular complexity index is 192. The third-order valence-electron chi connectivity index (χ3n) is 1.84. The van der Waals surface area contributed by atoms with Gasteiger partial charge in [0.15, 0.2) is 13.0 Å². The summed E-state index contributed by atoms with van der Waals surface area (Å²) in [6, 6.07) is 0. The van der Waals surface area contributed by atoms with Crippen LogP contribution in [-0.4, -0.2) is 31.7 Å². The predicted octanol–water partition coefficient (Wildman–Crippen LogP) is 3.10. The SMILES string of the molecule is CC(F)C(F)(OCF)C(CF)C(F)(F)F. The first kappa shape index (κ1) is 14.5. The predicted molar refractivity (Wildman–Crippen MR) is 37.0 cm³/mol. The van der Waals surface area contributed by atoms with Gasteiger partial charge in [-0.15, -0.1) is 0 Å². The lowest BCUT2D eigenvalue weighted by atomic mass is 9.97. The molecule has 0 saturated heterocycles. The van der Waals surface area contributed by atoms with Crippen molar-refractivity contribution < 1.29 is 35.5 Å². The minimum Gasteiger partial charge on any atom is -0.311 e. The monoisotopic (exact) mass is 242 g/mol. The van der Waals surface area contributed by atoms with Gasteiger partial charge in [0.05, 0.1) is 0 Å². The Hall–Kier alpha value is -0.530. The van der Waals surface area contributed by atoms with Gasteiger partial charge in [0.2, 0.25) is 0 Å². The van der Waals surface area contributed by atoms with E-state index in [9.17, 15) is 30.7 Å². The average molecular weight is 242 g/mol. The molecule has 1 nitrogen and oxygen atoms in total. The fourth-order valence-corrected chi connectivity index (χ4v) is 0.992. The van der Waals surface area contributed by atoms with E-state index in [-0.39, 0.29) is 0 Å². The number of ether oxygens (including phenoxy) is 1. The summed E-state index contributed by atoms with van der Waals surface area (Å²) >= 11 is 0. The summed E-state index contributed by atoms with van der Waals surface area (Å²) in [5.41, 5.74) is 0. The Labute approximate surface area is 81.2 Å². The normalized spacial score (nSPS) is 20.8. The van der Waals surface area contributed by atoms with Crippen LogP contribution in [0.2, 0.25) is 0 Å². The molecule has 15 heavy (non-hydrogen) atoms. The van der Waals surface area contributed by atoms with Gasteiger partial charge in [0.1, 0.15) is 12.6 Å². The van der Waals surface area contributed by atoms with Gasteiger partial charge in [0.25, 0.3) is 5.85 Å². The average Bonchev–Trinajstić information content (AvgIpc) is 2.02. The molecule has 0 aromatic carbocycles. The fourth-order valence-electron chi connectivity index (χ4n) is 0.992. The third-order valence-corrected chi connectivity index (χ3v) is 1.84. The molecule has 0 N–H and O–H groups in total. The van der Waals surface area contributed by atoms with Crippen LogP contribution in [-0.2, 0) is 4.74 Å². The van der Waals surface area contributed by atoms with Crippen LogP contribution in [0.15, 0.2) is 0 Å². The van der Waals surface area contributed by atoms with Crippen molar-refractivity contribution in [2.24, 2.45) is 5.92 Å². The molecule has 0 heterocycles. The zero-order chi connectivity index (χ0) is 12.3. The largest absolute Gasteiger partial charge is 0.399 e. The molecule has 0 aromatic rings.